The van der Waals surface area contributed by atoms with Gasteiger partial charge in [-0.25, -0.2) is 0 Å². The molecule has 3 rings (SSSR count). The standard InChI is InChI=1S/C27H30N2O2/c1-2-18-28-27(31)25(19-22-12-6-3-7-13-22)29(21-24-16-10-5-11-17-24)26(30)20-23-14-8-4-9-15-23/h3-17,25H,2,18-21H2,1H3,(H,28,31). The van der Waals surface area contributed by atoms with Gasteiger partial charge in [0.1, 0.15) is 6.04 Å². The third-order valence-corrected chi connectivity index (χ3v) is 5.21. The van der Waals surface area contributed by atoms with Crippen molar-refractivity contribution in [2.45, 2.75) is 38.8 Å². The summed E-state index contributed by atoms with van der Waals surface area (Å²) in [7, 11) is 0. The lowest BCUT2D eigenvalue weighted by Gasteiger charge is -2.31. The Hall–Kier alpha value is -3.40. The van der Waals surface area contributed by atoms with Crippen LogP contribution in [0.15, 0.2) is 91.0 Å². The molecule has 160 valence electrons. The fourth-order valence-corrected chi connectivity index (χ4v) is 3.57. The predicted octanol–water partition coefficient (Wildman–Crippen LogP) is 4.40. The number of carbonyl (C=O) groups excluding carboxylic acids is 2. The van der Waals surface area contributed by atoms with Gasteiger partial charge in [0.2, 0.25) is 11.8 Å². The van der Waals surface area contributed by atoms with E-state index in [0.29, 0.717) is 19.5 Å². The predicted molar refractivity (Wildman–Crippen MR) is 124 cm³/mol. The smallest absolute Gasteiger partial charge is 0.243 e. The Morgan fingerprint density at radius 3 is 1.84 bits per heavy atom. The van der Waals surface area contributed by atoms with E-state index in [9.17, 15) is 9.59 Å². The van der Waals surface area contributed by atoms with E-state index in [0.717, 1.165) is 23.1 Å². The van der Waals surface area contributed by atoms with E-state index in [1.54, 1.807) is 4.90 Å². The van der Waals surface area contributed by atoms with Crippen molar-refractivity contribution in [3.63, 3.8) is 0 Å². The van der Waals surface area contributed by atoms with E-state index in [-0.39, 0.29) is 18.2 Å². The molecule has 0 saturated carbocycles. The van der Waals surface area contributed by atoms with Crippen molar-refractivity contribution in [1.82, 2.24) is 10.2 Å². The summed E-state index contributed by atoms with van der Waals surface area (Å²) in [4.78, 5) is 28.4. The number of hydrogen-bond acceptors (Lipinski definition) is 2. The second kappa shape index (κ2) is 11.7. The highest BCUT2D eigenvalue weighted by atomic mass is 16.2. The molecule has 0 saturated heterocycles. The van der Waals surface area contributed by atoms with Crippen LogP contribution in [0, 0.1) is 0 Å². The molecule has 0 aliphatic rings. The van der Waals surface area contributed by atoms with Gasteiger partial charge >= 0.3 is 0 Å². The SMILES string of the molecule is CCCNC(=O)C(Cc1ccccc1)N(Cc1ccccc1)C(=O)Cc1ccccc1. The Kier molecular flexibility index (Phi) is 8.41. The topological polar surface area (TPSA) is 49.4 Å². The van der Waals surface area contributed by atoms with Gasteiger partial charge in [-0.05, 0) is 23.1 Å². The van der Waals surface area contributed by atoms with Crippen molar-refractivity contribution in [3.8, 4) is 0 Å². The van der Waals surface area contributed by atoms with E-state index in [4.69, 9.17) is 0 Å². The summed E-state index contributed by atoms with van der Waals surface area (Å²) in [6.45, 7) is 3.01. The Bertz CT molecular complexity index is 943. The van der Waals surface area contributed by atoms with E-state index in [1.807, 2.05) is 97.9 Å². The summed E-state index contributed by atoms with van der Waals surface area (Å²) in [6.07, 6.45) is 1.59. The summed E-state index contributed by atoms with van der Waals surface area (Å²) >= 11 is 0. The zero-order chi connectivity index (χ0) is 21.9. The van der Waals surface area contributed by atoms with Crippen molar-refractivity contribution in [1.29, 1.82) is 0 Å². The van der Waals surface area contributed by atoms with Gasteiger partial charge < -0.3 is 10.2 Å². The minimum absolute atomic E-state index is 0.0531. The zero-order valence-corrected chi connectivity index (χ0v) is 18.0. The molecule has 31 heavy (non-hydrogen) atoms. The van der Waals surface area contributed by atoms with Crippen LogP contribution in [0.25, 0.3) is 0 Å². The van der Waals surface area contributed by atoms with Crippen LogP contribution in [0.3, 0.4) is 0 Å². The molecule has 4 heteroatoms. The molecule has 1 unspecified atom stereocenters. The minimum atomic E-state index is -0.578. The van der Waals surface area contributed by atoms with Gasteiger partial charge in [0.15, 0.2) is 0 Å². The number of hydrogen-bond donors (Lipinski definition) is 1. The van der Waals surface area contributed by atoms with Crippen molar-refractivity contribution in [2.75, 3.05) is 6.54 Å². The van der Waals surface area contributed by atoms with E-state index in [1.165, 1.54) is 0 Å². The zero-order valence-electron chi connectivity index (χ0n) is 18.0. The lowest BCUT2D eigenvalue weighted by atomic mass is 10.0. The Labute approximate surface area is 184 Å². The summed E-state index contributed by atoms with van der Waals surface area (Å²) in [5, 5.41) is 3.00. The first-order chi connectivity index (χ1) is 15.2. The van der Waals surface area contributed by atoms with Gasteiger partial charge in [-0.1, -0.05) is 97.9 Å². The summed E-state index contributed by atoms with van der Waals surface area (Å²) < 4.78 is 0. The average molecular weight is 415 g/mol. The molecule has 0 heterocycles. The van der Waals surface area contributed by atoms with Crippen LogP contribution in [0.1, 0.15) is 30.0 Å². The molecule has 2 amide bonds. The molecule has 3 aromatic carbocycles. The van der Waals surface area contributed by atoms with Crippen molar-refractivity contribution in [3.05, 3.63) is 108 Å². The van der Waals surface area contributed by atoms with Crippen molar-refractivity contribution >= 4 is 11.8 Å². The third kappa shape index (κ3) is 6.82. The maximum atomic E-state index is 13.5. The van der Waals surface area contributed by atoms with E-state index in [2.05, 4.69) is 5.32 Å². The molecule has 3 aromatic rings. The van der Waals surface area contributed by atoms with Crippen molar-refractivity contribution in [2.24, 2.45) is 0 Å². The van der Waals surface area contributed by atoms with E-state index < -0.39 is 6.04 Å². The van der Waals surface area contributed by atoms with Crippen LogP contribution >= 0.6 is 0 Å². The molecular formula is C27H30N2O2. The highest BCUT2D eigenvalue weighted by Gasteiger charge is 2.30. The number of amides is 2. The van der Waals surface area contributed by atoms with Gasteiger partial charge in [-0.15, -0.1) is 0 Å². The maximum Gasteiger partial charge on any atom is 0.243 e. The molecule has 0 radical (unpaired) electrons. The molecular weight excluding hydrogens is 384 g/mol. The van der Waals surface area contributed by atoms with E-state index >= 15 is 0 Å². The van der Waals surface area contributed by atoms with Crippen LogP contribution < -0.4 is 5.32 Å². The second-order valence-electron chi connectivity index (χ2n) is 7.67. The Morgan fingerprint density at radius 2 is 1.29 bits per heavy atom. The molecule has 4 nitrogen and oxygen atoms in total. The lowest BCUT2D eigenvalue weighted by molar-refractivity contribution is -0.140. The van der Waals surface area contributed by atoms with Gasteiger partial charge in [0.25, 0.3) is 0 Å². The van der Waals surface area contributed by atoms with Gasteiger partial charge in [-0.2, -0.15) is 0 Å². The largest absolute Gasteiger partial charge is 0.354 e. The molecule has 0 fully saturated rings. The number of nitrogens with one attached hydrogen (secondary N) is 1. The number of benzene rings is 3. The first-order valence-electron chi connectivity index (χ1n) is 10.9. The summed E-state index contributed by atoms with van der Waals surface area (Å²) in [5.74, 6) is -0.161. The third-order valence-electron chi connectivity index (χ3n) is 5.21. The normalized spacial score (nSPS) is 11.5. The minimum Gasteiger partial charge on any atom is -0.354 e. The molecule has 0 aliphatic carbocycles. The maximum absolute atomic E-state index is 13.5. The summed E-state index contributed by atoms with van der Waals surface area (Å²) in [6, 6.07) is 28.8. The molecule has 0 bridgehead atoms. The van der Waals surface area contributed by atoms with Crippen LogP contribution in [0.4, 0.5) is 0 Å². The Morgan fingerprint density at radius 1 is 0.774 bits per heavy atom. The highest BCUT2D eigenvalue weighted by Crippen LogP contribution is 2.16. The molecule has 0 aliphatic heterocycles. The van der Waals surface area contributed by atoms with Crippen LogP contribution in [-0.4, -0.2) is 29.3 Å². The quantitative estimate of drug-likeness (QED) is 0.535. The van der Waals surface area contributed by atoms with Crippen LogP contribution in [0.5, 0.6) is 0 Å². The second-order valence-corrected chi connectivity index (χ2v) is 7.67. The van der Waals surface area contributed by atoms with Crippen molar-refractivity contribution < 1.29 is 9.59 Å². The Balaban J connectivity index is 1.91. The monoisotopic (exact) mass is 414 g/mol. The van der Waals surface area contributed by atoms with Crippen LogP contribution in [-0.2, 0) is 29.0 Å². The van der Waals surface area contributed by atoms with Gasteiger partial charge in [-0.3, -0.25) is 9.59 Å². The summed E-state index contributed by atoms with van der Waals surface area (Å²) in [5.41, 5.74) is 2.98. The van der Waals surface area contributed by atoms with Gasteiger partial charge in [0, 0.05) is 19.5 Å². The lowest BCUT2D eigenvalue weighted by Crippen LogP contribution is -2.51. The molecule has 0 spiro atoms. The molecule has 0 aromatic heterocycles. The van der Waals surface area contributed by atoms with Crippen LogP contribution in [0.2, 0.25) is 0 Å². The fourth-order valence-electron chi connectivity index (χ4n) is 3.57. The number of rotatable bonds is 10. The average Bonchev–Trinajstić information content (AvgIpc) is 2.81. The fraction of sp³-hybridized carbons (Fsp3) is 0.259. The molecule has 1 atom stereocenters. The number of carbonyl (C=O) groups is 2. The first-order valence-corrected chi connectivity index (χ1v) is 10.9. The molecule has 1 N–H and O–H groups in total. The number of nitrogens with zero attached hydrogens (tertiary/aromatic N) is 1. The first kappa shape index (κ1) is 22.3. The van der Waals surface area contributed by atoms with Gasteiger partial charge in [0.05, 0.1) is 6.42 Å². The highest BCUT2D eigenvalue weighted by molar-refractivity contribution is 5.88.